The van der Waals surface area contributed by atoms with Crippen molar-refractivity contribution in [2.45, 2.75) is 27.2 Å². The van der Waals surface area contributed by atoms with Crippen LogP contribution in [0.2, 0.25) is 0 Å². The van der Waals surface area contributed by atoms with E-state index in [1.807, 2.05) is 0 Å². The van der Waals surface area contributed by atoms with Crippen molar-refractivity contribution in [1.82, 2.24) is 4.90 Å². The molecular weight excluding hydrogens is 214 g/mol. The van der Waals surface area contributed by atoms with E-state index in [0.29, 0.717) is 6.54 Å². The van der Waals surface area contributed by atoms with E-state index < -0.39 is 6.61 Å². The number of carbonyl (C=O) groups excluding carboxylic acids is 1. The molecule has 0 heterocycles. The van der Waals surface area contributed by atoms with Gasteiger partial charge in [0.15, 0.2) is 0 Å². The Bertz CT molecular complexity index is 413. The average Bonchev–Trinajstić information content (AvgIpc) is 2.30. The van der Waals surface area contributed by atoms with Crippen molar-refractivity contribution >= 4 is 5.91 Å². The van der Waals surface area contributed by atoms with Crippen molar-refractivity contribution in [3.8, 4) is 0 Å². The van der Waals surface area contributed by atoms with Gasteiger partial charge in [-0.3, -0.25) is 4.79 Å². The van der Waals surface area contributed by atoms with Crippen LogP contribution in [-0.2, 0) is 11.2 Å². The number of amides is 1. The lowest BCUT2D eigenvalue weighted by Crippen LogP contribution is -2.31. The second-order valence-corrected chi connectivity index (χ2v) is 4.59. The molecule has 1 amide bonds. The van der Waals surface area contributed by atoms with Crippen LogP contribution in [0.25, 0.3) is 0 Å². The first kappa shape index (κ1) is 13.7. The molecule has 0 radical (unpaired) electrons. The van der Waals surface area contributed by atoms with Crippen molar-refractivity contribution < 1.29 is 9.90 Å². The van der Waals surface area contributed by atoms with Crippen LogP contribution in [0, 0.1) is 20.8 Å². The van der Waals surface area contributed by atoms with Gasteiger partial charge in [0.2, 0.25) is 5.91 Å². The lowest BCUT2D eigenvalue weighted by Gasteiger charge is -2.17. The van der Waals surface area contributed by atoms with Crippen LogP contribution in [0.1, 0.15) is 22.3 Å². The van der Waals surface area contributed by atoms with Crippen LogP contribution in [0.3, 0.4) is 0 Å². The molecule has 0 unspecified atom stereocenters. The highest BCUT2D eigenvalue weighted by molar-refractivity contribution is 5.76. The summed E-state index contributed by atoms with van der Waals surface area (Å²) in [5, 5.41) is 8.75. The van der Waals surface area contributed by atoms with E-state index in [0.717, 1.165) is 6.42 Å². The first-order valence-corrected chi connectivity index (χ1v) is 5.87. The third-order valence-corrected chi connectivity index (χ3v) is 3.23. The fourth-order valence-corrected chi connectivity index (χ4v) is 1.82. The van der Waals surface area contributed by atoms with E-state index in [1.54, 1.807) is 11.9 Å². The van der Waals surface area contributed by atoms with Crippen molar-refractivity contribution in [1.29, 1.82) is 0 Å². The summed E-state index contributed by atoms with van der Waals surface area (Å²) in [4.78, 5) is 12.8. The van der Waals surface area contributed by atoms with Gasteiger partial charge in [-0.2, -0.15) is 0 Å². The van der Waals surface area contributed by atoms with Crippen molar-refractivity contribution in [2.24, 2.45) is 0 Å². The normalized spacial score (nSPS) is 10.4. The van der Waals surface area contributed by atoms with Gasteiger partial charge in [-0.1, -0.05) is 12.1 Å². The Morgan fingerprint density at radius 3 is 2.35 bits per heavy atom. The molecule has 1 rings (SSSR count). The van der Waals surface area contributed by atoms with Crippen LogP contribution in [0.5, 0.6) is 0 Å². The zero-order valence-electron chi connectivity index (χ0n) is 11.1. The molecule has 0 fully saturated rings. The predicted octanol–water partition coefficient (Wildman–Crippen LogP) is 1.61. The first-order valence-electron chi connectivity index (χ1n) is 5.87. The Labute approximate surface area is 103 Å². The Morgan fingerprint density at radius 1 is 1.18 bits per heavy atom. The minimum Gasteiger partial charge on any atom is -0.387 e. The minimum atomic E-state index is -0.414. The van der Waals surface area contributed by atoms with E-state index in [1.165, 1.54) is 22.3 Å². The van der Waals surface area contributed by atoms with Gasteiger partial charge < -0.3 is 10.0 Å². The second-order valence-electron chi connectivity index (χ2n) is 4.59. The molecule has 0 atom stereocenters. The summed E-state index contributed by atoms with van der Waals surface area (Å²) < 4.78 is 0. The van der Waals surface area contributed by atoms with Gasteiger partial charge in [-0.25, -0.2) is 0 Å². The maximum absolute atomic E-state index is 11.2. The molecule has 3 nitrogen and oxygen atoms in total. The number of aliphatic hydroxyl groups is 1. The van der Waals surface area contributed by atoms with Crippen molar-refractivity contribution in [3.05, 3.63) is 34.4 Å². The maximum atomic E-state index is 11.2. The van der Waals surface area contributed by atoms with Gasteiger partial charge in [0.05, 0.1) is 0 Å². The molecular formula is C14H21NO2. The molecule has 0 aliphatic carbocycles. The molecule has 0 spiro atoms. The first-order chi connectivity index (χ1) is 7.95. The largest absolute Gasteiger partial charge is 0.387 e. The number of hydrogen-bond acceptors (Lipinski definition) is 2. The number of nitrogens with zero attached hydrogens (tertiary/aromatic N) is 1. The number of benzene rings is 1. The van der Waals surface area contributed by atoms with Gasteiger partial charge in [0.1, 0.15) is 6.61 Å². The summed E-state index contributed by atoms with van der Waals surface area (Å²) in [5.41, 5.74) is 5.11. The minimum absolute atomic E-state index is 0.230. The monoisotopic (exact) mass is 235 g/mol. The number of hydrogen-bond donors (Lipinski definition) is 1. The zero-order valence-corrected chi connectivity index (χ0v) is 11.1. The molecule has 0 saturated carbocycles. The summed E-state index contributed by atoms with van der Waals surface area (Å²) in [6.45, 7) is 6.52. The predicted molar refractivity (Wildman–Crippen MR) is 69.1 cm³/mol. The van der Waals surface area contributed by atoms with Crippen molar-refractivity contribution in [3.63, 3.8) is 0 Å². The summed E-state index contributed by atoms with van der Waals surface area (Å²) in [6, 6.07) is 4.36. The van der Waals surface area contributed by atoms with E-state index in [9.17, 15) is 4.79 Å². The summed E-state index contributed by atoms with van der Waals surface area (Å²) in [6.07, 6.45) is 0.829. The number of rotatable bonds is 4. The number of likely N-dealkylation sites (N-methyl/N-ethyl adjacent to an activating group) is 1. The fraction of sp³-hybridized carbons (Fsp3) is 0.500. The second kappa shape index (κ2) is 5.82. The molecule has 0 aliphatic heterocycles. The maximum Gasteiger partial charge on any atom is 0.248 e. The molecule has 1 N–H and O–H groups in total. The molecule has 0 aromatic heterocycles. The molecule has 0 aliphatic rings. The Hall–Kier alpha value is -1.35. The highest BCUT2D eigenvalue weighted by Crippen LogP contribution is 2.16. The summed E-state index contributed by atoms with van der Waals surface area (Å²) in [7, 11) is 1.72. The SMILES string of the molecule is Cc1cc(C)c(CCN(C)C(=O)CO)cc1C. The fourth-order valence-electron chi connectivity index (χ4n) is 1.82. The van der Waals surface area contributed by atoms with Gasteiger partial charge in [0, 0.05) is 13.6 Å². The van der Waals surface area contributed by atoms with Crippen LogP contribution >= 0.6 is 0 Å². The number of aryl methyl sites for hydroxylation is 3. The van der Waals surface area contributed by atoms with Gasteiger partial charge in [-0.15, -0.1) is 0 Å². The smallest absolute Gasteiger partial charge is 0.248 e. The Morgan fingerprint density at radius 2 is 1.76 bits per heavy atom. The van der Waals surface area contributed by atoms with E-state index in [4.69, 9.17) is 5.11 Å². The van der Waals surface area contributed by atoms with Gasteiger partial charge >= 0.3 is 0 Å². The lowest BCUT2D eigenvalue weighted by atomic mass is 9.99. The van der Waals surface area contributed by atoms with E-state index in [-0.39, 0.29) is 5.91 Å². The average molecular weight is 235 g/mol. The number of aliphatic hydroxyl groups excluding tert-OH is 1. The molecule has 0 saturated heterocycles. The Kier molecular flexibility index (Phi) is 4.70. The zero-order chi connectivity index (χ0) is 13.0. The van der Waals surface area contributed by atoms with Gasteiger partial charge in [0.25, 0.3) is 0 Å². The van der Waals surface area contributed by atoms with Crippen LogP contribution in [0.4, 0.5) is 0 Å². The molecule has 1 aromatic rings. The summed E-state index contributed by atoms with van der Waals surface area (Å²) >= 11 is 0. The van der Waals surface area contributed by atoms with E-state index in [2.05, 4.69) is 32.9 Å². The third kappa shape index (κ3) is 3.56. The lowest BCUT2D eigenvalue weighted by molar-refractivity contribution is -0.132. The standard InChI is InChI=1S/C14H21NO2/c1-10-7-12(3)13(8-11(10)2)5-6-15(4)14(17)9-16/h7-8,16H,5-6,9H2,1-4H3. The highest BCUT2D eigenvalue weighted by atomic mass is 16.3. The van der Waals surface area contributed by atoms with E-state index >= 15 is 0 Å². The topological polar surface area (TPSA) is 40.5 Å². The quantitative estimate of drug-likeness (QED) is 0.861. The van der Waals surface area contributed by atoms with Crippen molar-refractivity contribution in [2.75, 3.05) is 20.2 Å². The molecule has 17 heavy (non-hydrogen) atoms. The van der Waals surface area contributed by atoms with Crippen LogP contribution in [0.15, 0.2) is 12.1 Å². The van der Waals surface area contributed by atoms with Gasteiger partial charge in [-0.05, 0) is 49.4 Å². The molecule has 3 heteroatoms. The van der Waals surface area contributed by atoms with Crippen LogP contribution < -0.4 is 0 Å². The molecule has 0 bridgehead atoms. The summed E-state index contributed by atoms with van der Waals surface area (Å²) in [5.74, 6) is -0.230. The highest BCUT2D eigenvalue weighted by Gasteiger charge is 2.08. The third-order valence-electron chi connectivity index (χ3n) is 3.23. The molecule has 94 valence electrons. The van der Waals surface area contributed by atoms with Crippen LogP contribution in [-0.4, -0.2) is 36.1 Å². The molecule has 1 aromatic carbocycles. The number of carbonyl (C=O) groups is 1. The Balaban J connectivity index is 2.70.